The highest BCUT2D eigenvalue weighted by Gasteiger charge is 2.22. The van der Waals surface area contributed by atoms with E-state index in [1.807, 2.05) is 24.3 Å². The van der Waals surface area contributed by atoms with Gasteiger partial charge in [-0.05, 0) is 49.1 Å². The first kappa shape index (κ1) is 22.1. The smallest absolute Gasteiger partial charge is 0.404 e. The maximum Gasteiger partial charge on any atom is 0.404 e. The highest BCUT2D eigenvalue weighted by Crippen LogP contribution is 2.28. The lowest BCUT2D eigenvalue weighted by Crippen LogP contribution is -2.34. The van der Waals surface area contributed by atoms with Gasteiger partial charge in [0, 0.05) is 31.4 Å². The number of pyridine rings is 1. The molecule has 0 aliphatic heterocycles. The van der Waals surface area contributed by atoms with Gasteiger partial charge in [-0.3, -0.25) is 9.78 Å². The second-order valence-corrected chi connectivity index (χ2v) is 8.14. The van der Waals surface area contributed by atoms with E-state index in [1.54, 1.807) is 6.07 Å². The van der Waals surface area contributed by atoms with E-state index in [0.717, 1.165) is 36.8 Å². The molecule has 1 fully saturated rings. The van der Waals surface area contributed by atoms with Crippen LogP contribution in [0.5, 0.6) is 0 Å². The third-order valence-electron chi connectivity index (χ3n) is 5.64. The fraction of sp³-hybridized carbons (Fsp3) is 0.409. The molecule has 3 rings (SSSR count). The van der Waals surface area contributed by atoms with Crippen LogP contribution in [0.15, 0.2) is 36.5 Å². The van der Waals surface area contributed by atoms with Crippen molar-refractivity contribution in [1.82, 2.24) is 15.6 Å². The number of hydrogen-bond donors (Lipinski definition) is 4. The normalized spacial score (nSPS) is 18.6. The van der Waals surface area contributed by atoms with Crippen LogP contribution in [0.1, 0.15) is 41.6 Å². The zero-order valence-electron chi connectivity index (χ0n) is 16.7. The Bertz CT molecular complexity index is 880. The minimum Gasteiger partial charge on any atom is -0.465 e. The van der Waals surface area contributed by atoms with Crippen molar-refractivity contribution in [2.75, 3.05) is 13.1 Å². The Balaban J connectivity index is 1.56. The van der Waals surface area contributed by atoms with Crippen LogP contribution in [0, 0.1) is 11.8 Å². The second-order valence-electron chi connectivity index (χ2n) is 7.73. The molecule has 0 atom stereocenters. The molecular formula is C22H27ClN4O3. The number of carbonyl (C=O) groups excluding carboxylic acids is 1. The van der Waals surface area contributed by atoms with Crippen LogP contribution < -0.4 is 16.4 Å². The van der Waals surface area contributed by atoms with Crippen molar-refractivity contribution >= 4 is 23.6 Å². The number of nitrogens with one attached hydrogen (secondary N) is 2. The summed E-state index contributed by atoms with van der Waals surface area (Å²) >= 11 is 6.23. The van der Waals surface area contributed by atoms with E-state index < -0.39 is 6.09 Å². The summed E-state index contributed by atoms with van der Waals surface area (Å²) in [4.78, 5) is 27.7. The zero-order chi connectivity index (χ0) is 21.5. The van der Waals surface area contributed by atoms with Crippen LogP contribution in [0.3, 0.4) is 0 Å². The minimum atomic E-state index is -0.978. The van der Waals surface area contributed by atoms with Crippen LogP contribution in [0.4, 0.5) is 4.79 Å². The molecule has 30 heavy (non-hydrogen) atoms. The molecule has 1 heterocycles. The molecule has 2 amide bonds. The highest BCUT2D eigenvalue weighted by molar-refractivity contribution is 6.33. The molecule has 8 heteroatoms. The molecule has 0 saturated heterocycles. The van der Waals surface area contributed by atoms with Gasteiger partial charge in [-0.25, -0.2) is 4.79 Å². The first-order valence-corrected chi connectivity index (χ1v) is 10.5. The molecule has 0 spiro atoms. The van der Waals surface area contributed by atoms with Gasteiger partial charge in [0.2, 0.25) is 0 Å². The number of halogens is 1. The summed E-state index contributed by atoms with van der Waals surface area (Å²) in [5, 5.41) is 14.5. The van der Waals surface area contributed by atoms with Crippen molar-refractivity contribution in [2.45, 2.75) is 32.2 Å². The molecule has 160 valence electrons. The number of benzene rings is 1. The topological polar surface area (TPSA) is 117 Å². The Labute approximate surface area is 181 Å². The Morgan fingerprint density at radius 2 is 1.67 bits per heavy atom. The van der Waals surface area contributed by atoms with E-state index in [1.165, 1.54) is 6.20 Å². The predicted molar refractivity (Wildman–Crippen MR) is 116 cm³/mol. The number of carbonyl (C=O) groups is 2. The number of rotatable bonds is 7. The van der Waals surface area contributed by atoms with E-state index in [0.29, 0.717) is 47.8 Å². The summed E-state index contributed by atoms with van der Waals surface area (Å²) in [6.45, 7) is 1.55. The van der Waals surface area contributed by atoms with Crippen LogP contribution in [0.2, 0.25) is 5.02 Å². The van der Waals surface area contributed by atoms with E-state index >= 15 is 0 Å². The molecule has 0 unspecified atom stereocenters. The van der Waals surface area contributed by atoms with Crippen LogP contribution in [-0.4, -0.2) is 35.2 Å². The first-order chi connectivity index (χ1) is 14.5. The van der Waals surface area contributed by atoms with Gasteiger partial charge in [-0.15, -0.1) is 0 Å². The van der Waals surface area contributed by atoms with Gasteiger partial charge < -0.3 is 21.5 Å². The number of hydrogen-bond acceptors (Lipinski definition) is 4. The molecule has 0 bridgehead atoms. The Hall–Kier alpha value is -2.64. The van der Waals surface area contributed by atoms with Crippen LogP contribution >= 0.6 is 11.6 Å². The molecule has 1 aliphatic rings. The number of aromatic nitrogens is 1. The lowest BCUT2D eigenvalue weighted by atomic mass is 9.82. The largest absolute Gasteiger partial charge is 0.465 e. The molecular weight excluding hydrogens is 404 g/mol. The van der Waals surface area contributed by atoms with Crippen molar-refractivity contribution in [1.29, 1.82) is 0 Å². The minimum absolute atomic E-state index is 0.211. The fourth-order valence-corrected chi connectivity index (χ4v) is 3.97. The van der Waals surface area contributed by atoms with Gasteiger partial charge in [0.05, 0.1) is 16.3 Å². The van der Waals surface area contributed by atoms with E-state index in [2.05, 4.69) is 15.6 Å². The summed E-state index contributed by atoms with van der Waals surface area (Å²) in [6, 6.07) is 9.44. The standard InChI is InChI=1S/C22H27ClN4O3/c23-19-13-25-20(17-7-5-14(10-24)6-8-17)9-18(19)21(28)26-11-15-1-3-16(4-2-15)12-27-22(29)30/h5-9,13,15-16,27H,1-4,10-12,24H2,(H,26,28)(H,29,30). The lowest BCUT2D eigenvalue weighted by Gasteiger charge is -2.28. The van der Waals surface area contributed by atoms with Crippen LogP contribution in [-0.2, 0) is 6.54 Å². The van der Waals surface area contributed by atoms with Crippen molar-refractivity contribution in [2.24, 2.45) is 17.6 Å². The monoisotopic (exact) mass is 430 g/mol. The molecule has 1 saturated carbocycles. The maximum absolute atomic E-state index is 12.7. The quantitative estimate of drug-likeness (QED) is 0.534. The average molecular weight is 431 g/mol. The average Bonchev–Trinajstić information content (AvgIpc) is 2.77. The zero-order valence-corrected chi connectivity index (χ0v) is 17.5. The number of nitrogens with two attached hydrogens (primary N) is 1. The van der Waals surface area contributed by atoms with Crippen molar-refractivity contribution in [3.63, 3.8) is 0 Å². The maximum atomic E-state index is 12.7. The fourth-order valence-electron chi connectivity index (χ4n) is 3.79. The molecule has 7 nitrogen and oxygen atoms in total. The number of carboxylic acid groups (broad SMARTS) is 1. The van der Waals surface area contributed by atoms with Gasteiger partial charge in [0.1, 0.15) is 0 Å². The van der Waals surface area contributed by atoms with Gasteiger partial charge >= 0.3 is 6.09 Å². The van der Waals surface area contributed by atoms with Crippen LogP contribution in [0.25, 0.3) is 11.3 Å². The molecule has 2 aromatic rings. The predicted octanol–water partition coefficient (Wildman–Crippen LogP) is 3.66. The van der Waals surface area contributed by atoms with Gasteiger partial charge in [0.15, 0.2) is 0 Å². The summed E-state index contributed by atoms with van der Waals surface area (Å²) < 4.78 is 0. The summed E-state index contributed by atoms with van der Waals surface area (Å²) in [5.74, 6) is 0.548. The number of amides is 2. The van der Waals surface area contributed by atoms with Crippen molar-refractivity contribution in [3.8, 4) is 11.3 Å². The Morgan fingerprint density at radius 1 is 1.07 bits per heavy atom. The summed E-state index contributed by atoms with van der Waals surface area (Å²) in [7, 11) is 0. The lowest BCUT2D eigenvalue weighted by molar-refractivity contribution is 0.0941. The van der Waals surface area contributed by atoms with E-state index in [9.17, 15) is 9.59 Å². The molecule has 1 aromatic carbocycles. The number of nitrogens with zero attached hydrogens (tertiary/aromatic N) is 1. The van der Waals surface area contributed by atoms with Gasteiger partial charge in [0.25, 0.3) is 5.91 Å². The second kappa shape index (κ2) is 10.4. The van der Waals surface area contributed by atoms with Gasteiger partial charge in [-0.2, -0.15) is 0 Å². The van der Waals surface area contributed by atoms with Gasteiger partial charge in [-0.1, -0.05) is 35.9 Å². The summed E-state index contributed by atoms with van der Waals surface area (Å²) in [5.41, 5.74) is 8.65. The van der Waals surface area contributed by atoms with E-state index in [4.69, 9.17) is 22.4 Å². The van der Waals surface area contributed by atoms with Crippen molar-refractivity contribution in [3.05, 3.63) is 52.7 Å². The third-order valence-corrected chi connectivity index (χ3v) is 5.95. The molecule has 1 aromatic heterocycles. The Kier molecular flexibility index (Phi) is 7.65. The SMILES string of the molecule is NCc1ccc(-c2cc(C(=O)NCC3CCC(CNC(=O)O)CC3)c(Cl)cn2)cc1. The highest BCUT2D eigenvalue weighted by atomic mass is 35.5. The molecule has 0 radical (unpaired) electrons. The molecule has 1 aliphatic carbocycles. The van der Waals surface area contributed by atoms with Crippen molar-refractivity contribution < 1.29 is 14.7 Å². The first-order valence-electron chi connectivity index (χ1n) is 10.2. The Morgan fingerprint density at radius 3 is 2.23 bits per heavy atom. The molecule has 5 N–H and O–H groups in total. The third kappa shape index (κ3) is 5.93. The van der Waals surface area contributed by atoms with E-state index in [-0.39, 0.29) is 5.91 Å². The summed E-state index contributed by atoms with van der Waals surface area (Å²) in [6.07, 6.45) is 4.38.